The Labute approximate surface area is 104 Å². The fourth-order valence-electron chi connectivity index (χ4n) is 1.70. The molecule has 17 heavy (non-hydrogen) atoms. The maximum absolute atomic E-state index is 6.15. The lowest BCUT2D eigenvalue weighted by Gasteiger charge is -2.15. The summed E-state index contributed by atoms with van der Waals surface area (Å²) < 4.78 is 10.7. The maximum Gasteiger partial charge on any atom is 0.119 e. The number of ether oxygens (including phenoxy) is 2. The van der Waals surface area contributed by atoms with Crippen LogP contribution in [0.5, 0.6) is 5.75 Å². The van der Waals surface area contributed by atoms with Crippen molar-refractivity contribution in [2.45, 2.75) is 38.8 Å². The Morgan fingerprint density at radius 3 is 2.71 bits per heavy atom. The van der Waals surface area contributed by atoms with Crippen LogP contribution in [0.2, 0.25) is 0 Å². The minimum Gasteiger partial charge on any atom is -0.494 e. The third-order valence-electron chi connectivity index (χ3n) is 2.88. The van der Waals surface area contributed by atoms with E-state index >= 15 is 0 Å². The standard InChI is InChI=1S/C14H23NO2/c1-4-17-13-7-5-6-12(10-13)14(15)9-8-11(2)16-3/h5-7,10-11,14H,4,8-9,15H2,1-3H3. The fraction of sp³-hybridized carbons (Fsp3) is 0.571. The molecule has 1 aromatic rings. The van der Waals surface area contributed by atoms with Crippen molar-refractivity contribution in [3.8, 4) is 5.75 Å². The van der Waals surface area contributed by atoms with Crippen molar-refractivity contribution in [3.05, 3.63) is 29.8 Å². The van der Waals surface area contributed by atoms with Gasteiger partial charge in [-0.1, -0.05) is 12.1 Å². The van der Waals surface area contributed by atoms with Gasteiger partial charge < -0.3 is 15.2 Å². The predicted molar refractivity (Wildman–Crippen MR) is 70.2 cm³/mol. The molecule has 0 heterocycles. The van der Waals surface area contributed by atoms with Crippen LogP contribution in [0.4, 0.5) is 0 Å². The molecule has 0 amide bonds. The quantitative estimate of drug-likeness (QED) is 0.793. The summed E-state index contributed by atoms with van der Waals surface area (Å²) in [7, 11) is 1.73. The smallest absolute Gasteiger partial charge is 0.119 e. The molecule has 0 saturated heterocycles. The van der Waals surface area contributed by atoms with Gasteiger partial charge in [-0.3, -0.25) is 0 Å². The van der Waals surface area contributed by atoms with Crippen LogP contribution in [0, 0.1) is 0 Å². The third-order valence-corrected chi connectivity index (χ3v) is 2.88. The van der Waals surface area contributed by atoms with Gasteiger partial charge in [-0.25, -0.2) is 0 Å². The highest BCUT2D eigenvalue weighted by Gasteiger charge is 2.09. The van der Waals surface area contributed by atoms with Crippen LogP contribution >= 0.6 is 0 Å². The average molecular weight is 237 g/mol. The number of hydrogen-bond donors (Lipinski definition) is 1. The van der Waals surface area contributed by atoms with Crippen LogP contribution in [-0.2, 0) is 4.74 Å². The van der Waals surface area contributed by atoms with Crippen LogP contribution in [0.1, 0.15) is 38.3 Å². The first kappa shape index (κ1) is 14.0. The van der Waals surface area contributed by atoms with Crippen molar-refractivity contribution < 1.29 is 9.47 Å². The summed E-state index contributed by atoms with van der Waals surface area (Å²) in [6, 6.07) is 8.06. The molecular weight excluding hydrogens is 214 g/mol. The van der Waals surface area contributed by atoms with Crippen molar-refractivity contribution >= 4 is 0 Å². The third kappa shape index (κ3) is 4.75. The molecule has 0 radical (unpaired) electrons. The van der Waals surface area contributed by atoms with Gasteiger partial charge in [-0.05, 0) is 44.4 Å². The molecule has 0 spiro atoms. The fourth-order valence-corrected chi connectivity index (χ4v) is 1.70. The summed E-state index contributed by atoms with van der Waals surface area (Å²) in [4.78, 5) is 0. The Balaban J connectivity index is 2.55. The van der Waals surface area contributed by atoms with Crippen LogP contribution < -0.4 is 10.5 Å². The maximum atomic E-state index is 6.15. The average Bonchev–Trinajstić information content (AvgIpc) is 2.36. The molecule has 3 nitrogen and oxygen atoms in total. The van der Waals surface area contributed by atoms with E-state index in [0.29, 0.717) is 6.61 Å². The van der Waals surface area contributed by atoms with Gasteiger partial charge in [0.1, 0.15) is 5.75 Å². The SMILES string of the molecule is CCOc1cccc(C(N)CCC(C)OC)c1. The highest BCUT2D eigenvalue weighted by molar-refractivity contribution is 5.30. The Hall–Kier alpha value is -1.06. The van der Waals surface area contributed by atoms with E-state index in [0.717, 1.165) is 24.2 Å². The number of benzene rings is 1. The summed E-state index contributed by atoms with van der Waals surface area (Å²) >= 11 is 0. The van der Waals surface area contributed by atoms with Crippen molar-refractivity contribution in [2.24, 2.45) is 5.73 Å². The molecule has 0 aliphatic rings. The normalized spacial score (nSPS) is 14.4. The van der Waals surface area contributed by atoms with Gasteiger partial charge in [0, 0.05) is 13.2 Å². The summed E-state index contributed by atoms with van der Waals surface area (Å²) in [6.07, 6.45) is 2.15. The summed E-state index contributed by atoms with van der Waals surface area (Å²) in [6.45, 7) is 4.72. The molecule has 0 bridgehead atoms. The number of nitrogens with two attached hydrogens (primary N) is 1. The van der Waals surface area contributed by atoms with E-state index in [2.05, 4.69) is 6.92 Å². The van der Waals surface area contributed by atoms with Gasteiger partial charge in [0.05, 0.1) is 12.7 Å². The molecule has 0 aromatic heterocycles. The zero-order valence-electron chi connectivity index (χ0n) is 11.0. The monoisotopic (exact) mass is 237 g/mol. The van der Waals surface area contributed by atoms with Gasteiger partial charge in [-0.15, -0.1) is 0 Å². The molecule has 2 unspecified atom stereocenters. The van der Waals surface area contributed by atoms with Crippen LogP contribution in [-0.4, -0.2) is 19.8 Å². The minimum atomic E-state index is 0.0491. The largest absolute Gasteiger partial charge is 0.494 e. The highest BCUT2D eigenvalue weighted by atomic mass is 16.5. The summed E-state index contributed by atoms with van der Waals surface area (Å²) in [5, 5.41) is 0. The first-order chi connectivity index (χ1) is 8.17. The lowest BCUT2D eigenvalue weighted by atomic mass is 10.0. The van der Waals surface area contributed by atoms with Crippen LogP contribution in [0.3, 0.4) is 0 Å². The topological polar surface area (TPSA) is 44.5 Å². The molecule has 0 fully saturated rings. The molecule has 1 aromatic carbocycles. The first-order valence-corrected chi connectivity index (χ1v) is 6.18. The second-order valence-corrected chi connectivity index (χ2v) is 4.24. The van der Waals surface area contributed by atoms with E-state index in [9.17, 15) is 0 Å². The second-order valence-electron chi connectivity index (χ2n) is 4.24. The lowest BCUT2D eigenvalue weighted by Crippen LogP contribution is -2.14. The molecule has 1 rings (SSSR count). The van der Waals surface area contributed by atoms with Gasteiger partial charge >= 0.3 is 0 Å². The summed E-state index contributed by atoms with van der Waals surface area (Å²) in [5.74, 6) is 0.889. The van der Waals surface area contributed by atoms with E-state index in [1.165, 1.54) is 0 Å². The predicted octanol–water partition coefficient (Wildman–Crippen LogP) is 2.90. The highest BCUT2D eigenvalue weighted by Crippen LogP contribution is 2.21. The van der Waals surface area contributed by atoms with Gasteiger partial charge in [0.2, 0.25) is 0 Å². The van der Waals surface area contributed by atoms with Gasteiger partial charge in [-0.2, -0.15) is 0 Å². The molecule has 0 aliphatic carbocycles. The second kappa shape index (κ2) is 7.30. The van der Waals surface area contributed by atoms with Crippen LogP contribution in [0.15, 0.2) is 24.3 Å². The van der Waals surface area contributed by atoms with Gasteiger partial charge in [0.25, 0.3) is 0 Å². The Kier molecular flexibility index (Phi) is 6.01. The molecular formula is C14H23NO2. The van der Waals surface area contributed by atoms with E-state index < -0.39 is 0 Å². The zero-order valence-corrected chi connectivity index (χ0v) is 11.0. The molecule has 2 N–H and O–H groups in total. The number of rotatable bonds is 7. The number of methoxy groups -OCH3 is 1. The molecule has 96 valence electrons. The van der Waals surface area contributed by atoms with E-state index in [1.54, 1.807) is 7.11 Å². The lowest BCUT2D eigenvalue weighted by molar-refractivity contribution is 0.107. The van der Waals surface area contributed by atoms with E-state index in [-0.39, 0.29) is 12.1 Å². The summed E-state index contributed by atoms with van der Waals surface area (Å²) in [5.41, 5.74) is 7.28. The molecule has 0 saturated carbocycles. The number of hydrogen-bond acceptors (Lipinski definition) is 3. The zero-order chi connectivity index (χ0) is 12.7. The molecule has 0 aliphatic heterocycles. The van der Waals surface area contributed by atoms with Crippen molar-refractivity contribution in [1.29, 1.82) is 0 Å². The molecule has 2 atom stereocenters. The van der Waals surface area contributed by atoms with E-state index in [4.69, 9.17) is 15.2 Å². The van der Waals surface area contributed by atoms with Gasteiger partial charge in [0.15, 0.2) is 0 Å². The van der Waals surface area contributed by atoms with Crippen LogP contribution in [0.25, 0.3) is 0 Å². The Morgan fingerprint density at radius 2 is 2.06 bits per heavy atom. The van der Waals surface area contributed by atoms with Crippen molar-refractivity contribution in [3.63, 3.8) is 0 Å². The van der Waals surface area contributed by atoms with E-state index in [1.807, 2.05) is 31.2 Å². The minimum absolute atomic E-state index is 0.0491. The van der Waals surface area contributed by atoms with Crippen molar-refractivity contribution in [2.75, 3.05) is 13.7 Å². The van der Waals surface area contributed by atoms with Crippen molar-refractivity contribution in [1.82, 2.24) is 0 Å². The first-order valence-electron chi connectivity index (χ1n) is 6.18. The molecule has 3 heteroatoms. The Bertz CT molecular complexity index is 328. The Morgan fingerprint density at radius 1 is 1.29 bits per heavy atom.